The van der Waals surface area contributed by atoms with Gasteiger partial charge in [0.1, 0.15) is 18.5 Å². The summed E-state index contributed by atoms with van der Waals surface area (Å²) in [5.74, 6) is -0.338. The molecule has 186 valence electrons. The molecule has 2 aromatic heterocycles. The molecular formula is C21H25F3N4O5S. The Bertz CT molecular complexity index is 1030. The third kappa shape index (κ3) is 5.53. The largest absolute Gasteiger partial charge is 0.447 e. The average Bonchev–Trinajstić information content (AvgIpc) is 3.26. The number of fused-ring (bicyclic) bond motifs is 1. The Morgan fingerprint density at radius 3 is 2.71 bits per heavy atom. The van der Waals surface area contributed by atoms with E-state index in [9.17, 15) is 22.8 Å². The lowest BCUT2D eigenvalue weighted by Gasteiger charge is -2.33. The second-order valence-electron chi connectivity index (χ2n) is 8.00. The zero-order valence-corrected chi connectivity index (χ0v) is 19.3. The van der Waals surface area contributed by atoms with Gasteiger partial charge < -0.3 is 29.7 Å². The van der Waals surface area contributed by atoms with Crippen molar-refractivity contribution in [2.75, 3.05) is 51.5 Å². The normalized spacial score (nSPS) is 19.8. The average molecular weight is 503 g/mol. The second kappa shape index (κ2) is 10.3. The quantitative estimate of drug-likeness (QED) is 0.648. The first-order chi connectivity index (χ1) is 16.3. The van der Waals surface area contributed by atoms with Gasteiger partial charge in [0.05, 0.1) is 41.2 Å². The number of rotatable bonds is 5. The SMILES string of the molecule is CNC(=O)c1csc2c(C(F)(F)F)cc(N3CCC(NC(=O)OCC4COCCO4)CC3)nc12. The number of amides is 2. The summed E-state index contributed by atoms with van der Waals surface area (Å²) in [5.41, 5.74) is -0.668. The molecule has 2 aromatic rings. The predicted molar refractivity (Wildman–Crippen MR) is 118 cm³/mol. The second-order valence-corrected chi connectivity index (χ2v) is 8.88. The molecule has 2 saturated heterocycles. The van der Waals surface area contributed by atoms with Crippen molar-refractivity contribution in [3.05, 3.63) is 22.6 Å². The first-order valence-corrected chi connectivity index (χ1v) is 11.7. The highest BCUT2D eigenvalue weighted by Crippen LogP contribution is 2.40. The minimum Gasteiger partial charge on any atom is -0.447 e. The first-order valence-electron chi connectivity index (χ1n) is 10.9. The third-order valence-electron chi connectivity index (χ3n) is 5.71. The van der Waals surface area contributed by atoms with Crippen LogP contribution in [0.15, 0.2) is 11.4 Å². The highest BCUT2D eigenvalue weighted by atomic mass is 32.1. The van der Waals surface area contributed by atoms with Crippen molar-refractivity contribution in [3.8, 4) is 0 Å². The van der Waals surface area contributed by atoms with E-state index in [1.54, 1.807) is 4.90 Å². The molecule has 0 aromatic carbocycles. The van der Waals surface area contributed by atoms with Crippen molar-refractivity contribution in [2.24, 2.45) is 0 Å². The summed E-state index contributed by atoms with van der Waals surface area (Å²) >= 11 is 0.848. The number of pyridine rings is 1. The number of ether oxygens (including phenoxy) is 3. The monoisotopic (exact) mass is 502 g/mol. The fraction of sp³-hybridized carbons (Fsp3) is 0.571. The summed E-state index contributed by atoms with van der Waals surface area (Å²) < 4.78 is 57.1. The van der Waals surface area contributed by atoms with Crippen LogP contribution in [-0.4, -0.2) is 75.7 Å². The summed E-state index contributed by atoms with van der Waals surface area (Å²) in [6.45, 7) is 2.21. The van der Waals surface area contributed by atoms with E-state index in [-0.39, 0.29) is 40.4 Å². The minimum atomic E-state index is -4.59. The Morgan fingerprint density at radius 1 is 1.29 bits per heavy atom. The van der Waals surface area contributed by atoms with Gasteiger partial charge in [-0.25, -0.2) is 9.78 Å². The molecule has 13 heteroatoms. The predicted octanol–water partition coefficient (Wildman–Crippen LogP) is 2.79. The molecule has 0 bridgehead atoms. The summed E-state index contributed by atoms with van der Waals surface area (Å²) in [7, 11) is 1.42. The lowest BCUT2D eigenvalue weighted by Crippen LogP contribution is -2.45. The molecule has 4 rings (SSSR count). The Balaban J connectivity index is 1.41. The van der Waals surface area contributed by atoms with Crippen molar-refractivity contribution in [3.63, 3.8) is 0 Å². The lowest BCUT2D eigenvalue weighted by molar-refractivity contribution is -0.136. The van der Waals surface area contributed by atoms with Crippen molar-refractivity contribution in [1.29, 1.82) is 0 Å². The van der Waals surface area contributed by atoms with E-state index in [0.717, 1.165) is 17.4 Å². The molecule has 0 radical (unpaired) electrons. The number of hydrogen-bond donors (Lipinski definition) is 2. The van der Waals surface area contributed by atoms with Gasteiger partial charge in [-0.3, -0.25) is 4.79 Å². The number of halogens is 3. The molecule has 0 aliphatic carbocycles. The molecule has 1 unspecified atom stereocenters. The number of alkyl carbamates (subject to hydrolysis) is 1. The summed E-state index contributed by atoms with van der Waals surface area (Å²) in [6.07, 6.45) is -4.43. The molecule has 0 saturated carbocycles. The molecular weight excluding hydrogens is 477 g/mol. The van der Waals surface area contributed by atoms with Gasteiger partial charge in [0.2, 0.25) is 0 Å². The van der Waals surface area contributed by atoms with Crippen molar-refractivity contribution in [1.82, 2.24) is 15.6 Å². The van der Waals surface area contributed by atoms with Gasteiger partial charge in [-0.05, 0) is 18.9 Å². The van der Waals surface area contributed by atoms with Crippen LogP contribution >= 0.6 is 11.3 Å². The van der Waals surface area contributed by atoms with Crippen LogP contribution in [0.2, 0.25) is 0 Å². The summed E-state index contributed by atoms with van der Waals surface area (Å²) in [4.78, 5) is 30.4. The van der Waals surface area contributed by atoms with Gasteiger partial charge in [0.25, 0.3) is 5.91 Å². The zero-order valence-electron chi connectivity index (χ0n) is 18.4. The number of hydrogen-bond acceptors (Lipinski definition) is 8. The Hall–Kier alpha value is -2.64. The molecule has 0 spiro atoms. The number of aromatic nitrogens is 1. The van der Waals surface area contributed by atoms with Crippen LogP contribution in [0.3, 0.4) is 0 Å². The van der Waals surface area contributed by atoms with Gasteiger partial charge in [-0.1, -0.05) is 0 Å². The van der Waals surface area contributed by atoms with Crippen LogP contribution in [0.4, 0.5) is 23.8 Å². The van der Waals surface area contributed by atoms with Crippen molar-refractivity contribution in [2.45, 2.75) is 31.2 Å². The first kappa shape index (κ1) is 24.5. The van der Waals surface area contributed by atoms with E-state index in [1.807, 2.05) is 0 Å². The maximum Gasteiger partial charge on any atom is 0.417 e. The smallest absolute Gasteiger partial charge is 0.417 e. The van der Waals surface area contributed by atoms with Crippen molar-refractivity contribution >= 4 is 39.4 Å². The van der Waals surface area contributed by atoms with Gasteiger partial charge in [-0.15, -0.1) is 11.3 Å². The molecule has 2 aliphatic rings. The Labute approximate surface area is 197 Å². The van der Waals surface area contributed by atoms with Gasteiger partial charge in [0, 0.05) is 31.6 Å². The maximum atomic E-state index is 13.8. The number of anilines is 1. The van der Waals surface area contributed by atoms with Gasteiger partial charge >= 0.3 is 12.3 Å². The lowest BCUT2D eigenvalue weighted by atomic mass is 10.0. The Morgan fingerprint density at radius 2 is 2.06 bits per heavy atom. The minimum absolute atomic E-state index is 0.0342. The standard InChI is InChI=1S/C21H25F3N4O5S/c1-25-19(29)14-11-34-18-15(21(22,23)24)8-16(27-17(14)18)28-4-2-12(3-5-28)26-20(30)33-10-13-9-31-6-7-32-13/h8,11-13H,2-7,9-10H2,1H3,(H,25,29)(H,26,30). The highest BCUT2D eigenvalue weighted by Gasteiger charge is 2.36. The molecule has 2 aliphatic heterocycles. The summed E-state index contributed by atoms with van der Waals surface area (Å²) in [6, 6.07) is 0.849. The van der Waals surface area contributed by atoms with Crippen LogP contribution in [0.25, 0.3) is 10.2 Å². The number of nitrogens with zero attached hydrogens (tertiary/aromatic N) is 2. The number of carbonyl (C=O) groups is 2. The molecule has 4 heterocycles. The van der Waals surface area contributed by atoms with Crippen LogP contribution in [-0.2, 0) is 20.4 Å². The topological polar surface area (TPSA) is 102 Å². The van der Waals surface area contributed by atoms with Gasteiger partial charge in [-0.2, -0.15) is 13.2 Å². The molecule has 34 heavy (non-hydrogen) atoms. The number of alkyl halides is 3. The molecule has 9 nitrogen and oxygen atoms in total. The fourth-order valence-corrected chi connectivity index (χ4v) is 4.95. The van der Waals surface area contributed by atoms with E-state index < -0.39 is 23.7 Å². The molecule has 2 amide bonds. The van der Waals surface area contributed by atoms with E-state index in [1.165, 1.54) is 12.4 Å². The number of nitrogens with one attached hydrogen (secondary N) is 2. The maximum absolute atomic E-state index is 13.8. The van der Waals surface area contributed by atoms with Gasteiger partial charge in [0.15, 0.2) is 0 Å². The number of piperidine rings is 1. The number of carbonyl (C=O) groups excluding carboxylic acids is 2. The van der Waals surface area contributed by atoms with E-state index in [0.29, 0.717) is 45.8 Å². The molecule has 1 atom stereocenters. The van der Waals surface area contributed by atoms with Crippen LogP contribution in [0.1, 0.15) is 28.8 Å². The highest BCUT2D eigenvalue weighted by molar-refractivity contribution is 7.17. The van der Waals surface area contributed by atoms with Crippen LogP contribution < -0.4 is 15.5 Å². The van der Waals surface area contributed by atoms with E-state index >= 15 is 0 Å². The summed E-state index contributed by atoms with van der Waals surface area (Å²) in [5, 5.41) is 6.62. The molecule has 2 fully saturated rings. The van der Waals surface area contributed by atoms with Crippen LogP contribution in [0.5, 0.6) is 0 Å². The third-order valence-corrected chi connectivity index (χ3v) is 6.72. The number of thiophene rings is 1. The van der Waals surface area contributed by atoms with E-state index in [4.69, 9.17) is 14.2 Å². The fourth-order valence-electron chi connectivity index (χ4n) is 3.93. The van der Waals surface area contributed by atoms with E-state index in [2.05, 4.69) is 15.6 Å². The van der Waals surface area contributed by atoms with Crippen molar-refractivity contribution < 1.29 is 37.0 Å². The van der Waals surface area contributed by atoms with Crippen LogP contribution in [0, 0.1) is 0 Å². The Kier molecular flexibility index (Phi) is 7.43. The zero-order chi connectivity index (χ0) is 24.3. The molecule has 2 N–H and O–H groups in total.